The fraction of sp³-hybridized carbons (Fsp3) is 0.889. The maximum atomic E-state index is 11.4. The highest BCUT2D eigenvalue weighted by Crippen LogP contribution is 2.18. The molecule has 1 rings (SSSR count). The summed E-state index contributed by atoms with van der Waals surface area (Å²) in [6, 6.07) is 0.0844. The Hall–Kier alpha value is -0.810. The van der Waals surface area contributed by atoms with Gasteiger partial charge in [-0.25, -0.2) is 4.79 Å². The number of hydrogen-bond donors (Lipinski definition) is 1. The number of aliphatic hydroxyl groups excluding tert-OH is 1. The quantitative estimate of drug-likeness (QED) is 0.713. The fourth-order valence-electron chi connectivity index (χ4n) is 1.60. The Balaban J connectivity index is 2.39. The van der Waals surface area contributed by atoms with E-state index in [9.17, 15) is 4.79 Å². The van der Waals surface area contributed by atoms with Crippen molar-refractivity contribution in [1.82, 2.24) is 4.90 Å². The molecule has 1 N–H and O–H groups in total. The standard InChI is InChI=1S/C9H17NO4/c1-7-8(3-5-13-7)10(2)9(12)14-6-4-11/h7-8,11H,3-6H2,1-2H3. The van der Waals surface area contributed by atoms with E-state index >= 15 is 0 Å². The van der Waals surface area contributed by atoms with Gasteiger partial charge in [-0.15, -0.1) is 0 Å². The van der Waals surface area contributed by atoms with Crippen molar-refractivity contribution in [2.24, 2.45) is 0 Å². The van der Waals surface area contributed by atoms with Gasteiger partial charge >= 0.3 is 6.09 Å². The zero-order valence-electron chi connectivity index (χ0n) is 8.60. The smallest absolute Gasteiger partial charge is 0.409 e. The van der Waals surface area contributed by atoms with Crippen molar-refractivity contribution >= 4 is 6.09 Å². The second-order valence-electron chi connectivity index (χ2n) is 3.38. The van der Waals surface area contributed by atoms with E-state index in [1.54, 1.807) is 7.05 Å². The van der Waals surface area contributed by atoms with E-state index in [0.29, 0.717) is 6.61 Å². The number of nitrogens with zero attached hydrogens (tertiary/aromatic N) is 1. The molecule has 0 saturated carbocycles. The molecule has 2 atom stereocenters. The van der Waals surface area contributed by atoms with Gasteiger partial charge in [0.1, 0.15) is 6.61 Å². The number of ether oxygens (including phenoxy) is 2. The van der Waals surface area contributed by atoms with E-state index in [-0.39, 0.29) is 25.4 Å². The Morgan fingerprint density at radius 2 is 2.43 bits per heavy atom. The van der Waals surface area contributed by atoms with Crippen LogP contribution in [0, 0.1) is 0 Å². The van der Waals surface area contributed by atoms with Crippen LogP contribution in [0.5, 0.6) is 0 Å². The molecule has 14 heavy (non-hydrogen) atoms. The lowest BCUT2D eigenvalue weighted by molar-refractivity contribution is 0.0557. The van der Waals surface area contributed by atoms with Crippen LogP contribution in [0.4, 0.5) is 4.79 Å². The molecular weight excluding hydrogens is 186 g/mol. The van der Waals surface area contributed by atoms with Crippen LogP contribution in [-0.4, -0.2) is 55.1 Å². The average molecular weight is 203 g/mol. The number of carbonyl (C=O) groups excluding carboxylic acids is 1. The first-order valence-corrected chi connectivity index (χ1v) is 4.79. The summed E-state index contributed by atoms with van der Waals surface area (Å²) in [5.74, 6) is 0. The van der Waals surface area contributed by atoms with Crippen LogP contribution in [0.15, 0.2) is 0 Å². The number of hydrogen-bond acceptors (Lipinski definition) is 4. The van der Waals surface area contributed by atoms with Crippen molar-refractivity contribution in [1.29, 1.82) is 0 Å². The zero-order valence-corrected chi connectivity index (χ0v) is 8.60. The Labute approximate surface area is 83.6 Å². The fourth-order valence-corrected chi connectivity index (χ4v) is 1.60. The van der Waals surface area contributed by atoms with Crippen LogP contribution >= 0.6 is 0 Å². The molecule has 2 unspecified atom stereocenters. The maximum absolute atomic E-state index is 11.4. The van der Waals surface area contributed by atoms with Crippen LogP contribution in [0.3, 0.4) is 0 Å². The molecule has 0 radical (unpaired) electrons. The molecular formula is C9H17NO4. The van der Waals surface area contributed by atoms with Crippen LogP contribution in [-0.2, 0) is 9.47 Å². The number of aliphatic hydroxyl groups is 1. The summed E-state index contributed by atoms with van der Waals surface area (Å²) >= 11 is 0. The maximum Gasteiger partial charge on any atom is 0.409 e. The first-order chi connectivity index (χ1) is 6.66. The van der Waals surface area contributed by atoms with E-state index in [1.807, 2.05) is 6.92 Å². The van der Waals surface area contributed by atoms with E-state index in [4.69, 9.17) is 14.6 Å². The Kier molecular flexibility index (Phi) is 4.16. The number of likely N-dealkylation sites (N-methyl/N-ethyl adjacent to an activating group) is 1. The number of amides is 1. The third-order valence-electron chi connectivity index (χ3n) is 2.44. The van der Waals surface area contributed by atoms with Crippen LogP contribution in [0.25, 0.3) is 0 Å². The van der Waals surface area contributed by atoms with Gasteiger partial charge in [-0.05, 0) is 13.3 Å². The van der Waals surface area contributed by atoms with Crippen molar-refractivity contribution in [3.63, 3.8) is 0 Å². The lowest BCUT2D eigenvalue weighted by Gasteiger charge is -2.25. The van der Waals surface area contributed by atoms with Crippen molar-refractivity contribution in [3.8, 4) is 0 Å². The molecule has 1 fully saturated rings. The molecule has 0 aromatic carbocycles. The molecule has 0 bridgehead atoms. The highest BCUT2D eigenvalue weighted by molar-refractivity contribution is 5.67. The number of rotatable bonds is 3. The van der Waals surface area contributed by atoms with Gasteiger partial charge in [0.15, 0.2) is 0 Å². The summed E-state index contributed by atoms with van der Waals surface area (Å²) < 4.78 is 10.1. The molecule has 1 heterocycles. The monoisotopic (exact) mass is 203 g/mol. The van der Waals surface area contributed by atoms with E-state index in [2.05, 4.69) is 0 Å². The van der Waals surface area contributed by atoms with Crippen LogP contribution in [0.1, 0.15) is 13.3 Å². The van der Waals surface area contributed by atoms with Crippen molar-refractivity contribution in [2.45, 2.75) is 25.5 Å². The minimum absolute atomic E-state index is 0.0468. The van der Waals surface area contributed by atoms with Gasteiger partial charge in [0.2, 0.25) is 0 Å². The summed E-state index contributed by atoms with van der Waals surface area (Å²) in [6.45, 7) is 2.53. The van der Waals surface area contributed by atoms with Gasteiger partial charge in [0.05, 0.1) is 18.8 Å². The van der Waals surface area contributed by atoms with Crippen LogP contribution in [0.2, 0.25) is 0 Å². The first kappa shape index (κ1) is 11.3. The molecule has 5 nitrogen and oxygen atoms in total. The van der Waals surface area contributed by atoms with Gasteiger partial charge in [0, 0.05) is 13.7 Å². The number of carbonyl (C=O) groups is 1. The summed E-state index contributed by atoms with van der Waals surface area (Å²) in [6.07, 6.45) is 0.495. The average Bonchev–Trinajstić information content (AvgIpc) is 2.59. The SMILES string of the molecule is CC1OCCC1N(C)C(=O)OCCO. The van der Waals surface area contributed by atoms with Crippen molar-refractivity contribution in [3.05, 3.63) is 0 Å². The van der Waals surface area contributed by atoms with Crippen LogP contribution < -0.4 is 0 Å². The predicted molar refractivity (Wildman–Crippen MR) is 50.0 cm³/mol. The Morgan fingerprint density at radius 3 is 2.93 bits per heavy atom. The van der Waals surface area contributed by atoms with Gasteiger partial charge in [0.25, 0.3) is 0 Å². The normalized spacial score (nSPS) is 26.2. The minimum atomic E-state index is -0.401. The predicted octanol–water partition coefficient (Wildman–Crippen LogP) is 0.224. The summed E-state index contributed by atoms with van der Waals surface area (Å²) in [5.41, 5.74) is 0. The molecule has 1 amide bonds. The largest absolute Gasteiger partial charge is 0.447 e. The molecule has 0 aromatic heterocycles. The molecule has 1 saturated heterocycles. The lowest BCUT2D eigenvalue weighted by Crippen LogP contribution is -2.41. The second-order valence-corrected chi connectivity index (χ2v) is 3.38. The van der Waals surface area contributed by atoms with Crippen molar-refractivity contribution < 1.29 is 19.4 Å². The topological polar surface area (TPSA) is 59.0 Å². The highest BCUT2D eigenvalue weighted by Gasteiger charge is 2.31. The molecule has 82 valence electrons. The molecule has 0 aromatic rings. The molecule has 5 heteroatoms. The molecule has 0 aliphatic carbocycles. The van der Waals surface area contributed by atoms with Gasteiger partial charge in [-0.3, -0.25) is 0 Å². The van der Waals surface area contributed by atoms with E-state index in [1.165, 1.54) is 4.90 Å². The summed E-state index contributed by atoms with van der Waals surface area (Å²) in [5, 5.41) is 8.49. The first-order valence-electron chi connectivity index (χ1n) is 4.79. The Bertz CT molecular complexity index is 197. The lowest BCUT2D eigenvalue weighted by atomic mass is 10.1. The zero-order chi connectivity index (χ0) is 10.6. The Morgan fingerprint density at radius 1 is 1.71 bits per heavy atom. The molecule has 1 aliphatic heterocycles. The van der Waals surface area contributed by atoms with Gasteiger partial charge in [-0.1, -0.05) is 0 Å². The third-order valence-corrected chi connectivity index (χ3v) is 2.44. The highest BCUT2D eigenvalue weighted by atomic mass is 16.6. The second kappa shape index (κ2) is 5.17. The van der Waals surface area contributed by atoms with Gasteiger partial charge < -0.3 is 19.5 Å². The molecule has 1 aliphatic rings. The summed E-state index contributed by atoms with van der Waals surface area (Å²) in [4.78, 5) is 12.9. The van der Waals surface area contributed by atoms with Gasteiger partial charge in [-0.2, -0.15) is 0 Å². The summed E-state index contributed by atoms with van der Waals surface area (Å²) in [7, 11) is 1.69. The minimum Gasteiger partial charge on any atom is -0.447 e. The molecule has 0 spiro atoms. The van der Waals surface area contributed by atoms with Crippen molar-refractivity contribution in [2.75, 3.05) is 26.9 Å². The van der Waals surface area contributed by atoms with E-state index < -0.39 is 6.09 Å². The van der Waals surface area contributed by atoms with E-state index in [0.717, 1.165) is 6.42 Å². The third kappa shape index (κ3) is 2.59.